The van der Waals surface area contributed by atoms with E-state index in [-0.39, 0.29) is 43.1 Å². The molecular weight excluding hydrogens is 520 g/mol. The number of hydrogen-bond donors (Lipinski definition) is 5. The summed E-state index contributed by atoms with van der Waals surface area (Å²) in [7, 11) is 0. The minimum absolute atomic E-state index is 0.142. The highest BCUT2D eigenvalue weighted by Gasteiger charge is 2.38. The number of nitrogens with zero attached hydrogens (tertiary/aromatic N) is 1. The van der Waals surface area contributed by atoms with E-state index >= 15 is 0 Å². The van der Waals surface area contributed by atoms with Gasteiger partial charge < -0.3 is 31.1 Å². The Bertz CT molecular complexity index is 1390. The summed E-state index contributed by atoms with van der Waals surface area (Å²) < 4.78 is 0. The Hall–Kier alpha value is -4.31. The lowest BCUT2D eigenvalue weighted by Crippen LogP contribution is -2.43. The van der Waals surface area contributed by atoms with Crippen LogP contribution in [0.4, 0.5) is 11.4 Å². The second kappa shape index (κ2) is 12.9. The van der Waals surface area contributed by atoms with Crippen molar-refractivity contribution in [3.63, 3.8) is 0 Å². The Balaban J connectivity index is 1.13. The minimum Gasteiger partial charge on any atom is -0.392 e. The van der Waals surface area contributed by atoms with Crippen LogP contribution in [-0.2, 0) is 20.8 Å². The molecule has 0 bridgehead atoms. The molecule has 0 unspecified atom stereocenters. The van der Waals surface area contributed by atoms with Gasteiger partial charge in [0.2, 0.25) is 17.7 Å². The number of likely N-dealkylation sites (tertiary alicyclic amines) is 1. The van der Waals surface area contributed by atoms with Gasteiger partial charge in [-0.2, -0.15) is 0 Å². The fraction of sp³-hybridized carbons (Fsp3) is 0.281. The van der Waals surface area contributed by atoms with Gasteiger partial charge in [-0.3, -0.25) is 14.4 Å². The van der Waals surface area contributed by atoms with Crippen molar-refractivity contribution in [1.29, 1.82) is 0 Å². The first-order valence-electron chi connectivity index (χ1n) is 13.8. The van der Waals surface area contributed by atoms with Crippen LogP contribution in [-0.4, -0.2) is 70.2 Å². The van der Waals surface area contributed by atoms with Crippen molar-refractivity contribution in [2.24, 2.45) is 0 Å². The number of carbonyl (C=O) groups is 3. The van der Waals surface area contributed by atoms with E-state index in [0.717, 1.165) is 16.7 Å². The zero-order valence-electron chi connectivity index (χ0n) is 22.6. The molecule has 5 rings (SSSR count). The molecule has 41 heavy (non-hydrogen) atoms. The van der Waals surface area contributed by atoms with Crippen molar-refractivity contribution in [3.05, 3.63) is 95.6 Å². The molecule has 2 heterocycles. The van der Waals surface area contributed by atoms with Crippen LogP contribution >= 0.6 is 0 Å². The van der Waals surface area contributed by atoms with E-state index in [4.69, 9.17) is 0 Å². The third-order valence-electron chi connectivity index (χ3n) is 7.35. The van der Waals surface area contributed by atoms with Crippen LogP contribution in [0.25, 0.3) is 12.2 Å². The minimum atomic E-state index is -0.735. The zero-order chi connectivity index (χ0) is 28.8. The number of benzene rings is 3. The van der Waals surface area contributed by atoms with Gasteiger partial charge in [-0.15, -0.1) is 0 Å². The second-order valence-electron chi connectivity index (χ2n) is 10.5. The summed E-state index contributed by atoms with van der Waals surface area (Å²) in [5.41, 5.74) is 4.04. The Morgan fingerprint density at radius 2 is 1.37 bits per heavy atom. The van der Waals surface area contributed by atoms with E-state index < -0.39 is 18.2 Å². The van der Waals surface area contributed by atoms with Gasteiger partial charge in [-0.1, -0.05) is 66.7 Å². The van der Waals surface area contributed by atoms with Gasteiger partial charge in [0, 0.05) is 30.9 Å². The van der Waals surface area contributed by atoms with Gasteiger partial charge in [-0.05, 0) is 47.4 Å². The summed E-state index contributed by atoms with van der Waals surface area (Å²) in [5.74, 6) is -0.666. The van der Waals surface area contributed by atoms with Crippen molar-refractivity contribution >= 4 is 41.2 Å². The van der Waals surface area contributed by atoms with Gasteiger partial charge in [0.05, 0.1) is 24.7 Å². The third kappa shape index (κ3) is 7.46. The molecule has 0 saturated carbocycles. The van der Waals surface area contributed by atoms with Crippen LogP contribution in [0.3, 0.4) is 0 Å². The molecular formula is C32H34N4O5. The molecule has 9 heteroatoms. The Labute approximate surface area is 238 Å². The van der Waals surface area contributed by atoms with Gasteiger partial charge in [-0.25, -0.2) is 0 Å². The topological polar surface area (TPSA) is 131 Å². The number of aliphatic hydroxyl groups is 2. The maximum Gasteiger partial charge on any atom is 0.247 e. The number of β-amino-alcohol motifs (C(OH)–C–C–N with tert-alkyl or cyclic N) is 2. The maximum absolute atomic E-state index is 13.0. The first-order valence-corrected chi connectivity index (χ1v) is 13.8. The van der Waals surface area contributed by atoms with Crippen molar-refractivity contribution in [2.75, 3.05) is 23.7 Å². The number of amides is 3. The zero-order valence-corrected chi connectivity index (χ0v) is 22.6. The molecule has 0 radical (unpaired) electrons. The fourth-order valence-electron chi connectivity index (χ4n) is 5.13. The molecule has 0 aromatic heterocycles. The monoisotopic (exact) mass is 554 g/mol. The smallest absolute Gasteiger partial charge is 0.247 e. The van der Waals surface area contributed by atoms with E-state index in [0.29, 0.717) is 24.3 Å². The van der Waals surface area contributed by atoms with Gasteiger partial charge in [0.25, 0.3) is 0 Å². The van der Waals surface area contributed by atoms with Crippen LogP contribution in [0.2, 0.25) is 0 Å². The maximum atomic E-state index is 13.0. The molecule has 2 fully saturated rings. The molecule has 3 amide bonds. The van der Waals surface area contributed by atoms with Crippen LogP contribution in [0.15, 0.2) is 78.9 Å². The number of hydrogen-bond acceptors (Lipinski definition) is 6. The molecule has 3 aromatic rings. The van der Waals surface area contributed by atoms with Crippen LogP contribution in [0.1, 0.15) is 29.5 Å². The molecule has 9 nitrogen and oxygen atoms in total. The molecule has 5 N–H and O–H groups in total. The van der Waals surface area contributed by atoms with Crippen LogP contribution in [0, 0.1) is 0 Å². The molecule has 2 aliphatic rings. The van der Waals surface area contributed by atoms with Crippen LogP contribution in [0.5, 0.6) is 0 Å². The highest BCUT2D eigenvalue weighted by Crippen LogP contribution is 2.22. The van der Waals surface area contributed by atoms with E-state index in [1.807, 2.05) is 78.9 Å². The fourth-order valence-corrected chi connectivity index (χ4v) is 5.13. The molecule has 0 aliphatic carbocycles. The highest BCUT2D eigenvalue weighted by molar-refractivity contribution is 5.98. The quantitative estimate of drug-likeness (QED) is 0.272. The van der Waals surface area contributed by atoms with Crippen molar-refractivity contribution in [1.82, 2.24) is 10.2 Å². The second-order valence-corrected chi connectivity index (χ2v) is 10.5. The summed E-state index contributed by atoms with van der Waals surface area (Å²) in [6.45, 7) is 0.567. The molecule has 2 saturated heterocycles. The predicted octanol–water partition coefficient (Wildman–Crippen LogP) is 2.66. The Morgan fingerprint density at radius 3 is 1.93 bits per heavy atom. The van der Waals surface area contributed by atoms with E-state index in [2.05, 4.69) is 16.0 Å². The standard InChI is InChI=1S/C32H34N4O5/c37-26-17-28(33-19-26)31(40)34-24-12-8-21(9-13-24)6-7-22-10-14-25(15-11-22)35-32(41)29-18-27(38)20-36(29)30(39)16-23-4-2-1-3-5-23/h1-15,26-29,33,37-38H,16-20H2,(H,34,40)(H,35,41)/b7-6+/t26-,27-,28+,29+/m1/s1. The Kier molecular flexibility index (Phi) is 8.88. The first-order chi connectivity index (χ1) is 19.8. The third-order valence-corrected chi connectivity index (χ3v) is 7.35. The lowest BCUT2D eigenvalue weighted by molar-refractivity contribution is -0.136. The normalized spacial score (nSPS) is 22.1. The van der Waals surface area contributed by atoms with E-state index in [1.165, 1.54) is 4.90 Å². The summed E-state index contributed by atoms with van der Waals surface area (Å²) in [6, 6.07) is 23.1. The molecule has 2 aliphatic heterocycles. The van der Waals surface area contributed by atoms with Crippen LogP contribution < -0.4 is 16.0 Å². The summed E-state index contributed by atoms with van der Waals surface area (Å²) in [4.78, 5) is 39.7. The molecule has 3 aromatic carbocycles. The number of carbonyl (C=O) groups excluding carboxylic acids is 3. The Morgan fingerprint density at radius 1 is 0.780 bits per heavy atom. The van der Waals surface area contributed by atoms with Gasteiger partial charge in [0.15, 0.2) is 0 Å². The first kappa shape index (κ1) is 28.2. The average Bonchev–Trinajstić information content (AvgIpc) is 3.60. The molecule has 4 atom stereocenters. The summed E-state index contributed by atoms with van der Waals surface area (Å²) >= 11 is 0. The molecule has 0 spiro atoms. The highest BCUT2D eigenvalue weighted by atomic mass is 16.3. The number of nitrogens with one attached hydrogen (secondary N) is 3. The lowest BCUT2D eigenvalue weighted by Gasteiger charge is -2.24. The number of anilines is 2. The molecule has 212 valence electrons. The van der Waals surface area contributed by atoms with Gasteiger partial charge in [0.1, 0.15) is 6.04 Å². The summed E-state index contributed by atoms with van der Waals surface area (Å²) in [6.07, 6.45) is 3.46. The number of rotatable bonds is 8. The lowest BCUT2D eigenvalue weighted by atomic mass is 10.1. The van der Waals surface area contributed by atoms with Gasteiger partial charge >= 0.3 is 0 Å². The van der Waals surface area contributed by atoms with Crippen molar-refractivity contribution in [2.45, 2.75) is 43.6 Å². The average molecular weight is 555 g/mol. The SMILES string of the molecule is O=C(Nc1ccc(/C=C/c2ccc(NC(=O)[C@@H]3C[C@@H](O)CN3C(=O)Cc3ccccc3)cc2)cc1)[C@@H]1C[C@@H](O)CN1. The van der Waals surface area contributed by atoms with Crippen molar-refractivity contribution < 1.29 is 24.6 Å². The van der Waals surface area contributed by atoms with E-state index in [1.54, 1.807) is 12.1 Å². The van der Waals surface area contributed by atoms with Crippen molar-refractivity contribution in [3.8, 4) is 0 Å². The van der Waals surface area contributed by atoms with E-state index in [9.17, 15) is 24.6 Å². The largest absolute Gasteiger partial charge is 0.392 e. The summed E-state index contributed by atoms with van der Waals surface area (Å²) in [5, 5.41) is 28.5. The predicted molar refractivity (Wildman–Crippen MR) is 158 cm³/mol. The number of aliphatic hydroxyl groups excluding tert-OH is 2.